The van der Waals surface area contributed by atoms with Gasteiger partial charge in [-0.1, -0.05) is 32.9 Å². The van der Waals surface area contributed by atoms with Gasteiger partial charge < -0.3 is 5.32 Å². The van der Waals surface area contributed by atoms with Crippen LogP contribution in [0, 0.1) is 16.0 Å². The quantitative estimate of drug-likeness (QED) is 0.583. The Labute approximate surface area is 127 Å². The number of hydrogen-bond donors (Lipinski definition) is 1. The van der Waals surface area contributed by atoms with Crippen molar-refractivity contribution in [1.82, 2.24) is 4.90 Å². The molecule has 1 unspecified atom stereocenters. The molecule has 0 saturated carbocycles. The van der Waals surface area contributed by atoms with Crippen LogP contribution in [0.25, 0.3) is 0 Å². The Morgan fingerprint density at radius 2 is 2.00 bits per heavy atom. The molecule has 5 nitrogen and oxygen atoms in total. The van der Waals surface area contributed by atoms with Crippen LogP contribution in [0.15, 0.2) is 18.2 Å². The molecule has 1 aromatic carbocycles. The number of benzene rings is 1. The average Bonchev–Trinajstić information content (AvgIpc) is 2.44. The van der Waals surface area contributed by atoms with Gasteiger partial charge in [0.05, 0.1) is 4.92 Å². The first-order valence-electron chi connectivity index (χ1n) is 7.58. The van der Waals surface area contributed by atoms with E-state index in [4.69, 9.17) is 0 Å². The first-order valence-corrected chi connectivity index (χ1v) is 7.58. The highest BCUT2D eigenvalue weighted by atomic mass is 16.6. The smallest absolute Gasteiger partial charge is 0.292 e. The van der Waals surface area contributed by atoms with E-state index in [1.54, 1.807) is 12.1 Å². The fourth-order valence-electron chi connectivity index (χ4n) is 2.25. The summed E-state index contributed by atoms with van der Waals surface area (Å²) in [7, 11) is 2.06. The summed E-state index contributed by atoms with van der Waals surface area (Å²) in [5.74, 6) is 0.542. The van der Waals surface area contributed by atoms with Crippen molar-refractivity contribution in [2.45, 2.75) is 46.7 Å². The molecule has 0 spiro atoms. The molecule has 0 saturated heterocycles. The van der Waals surface area contributed by atoms with Gasteiger partial charge in [-0.05, 0) is 31.9 Å². The molecule has 0 fully saturated rings. The summed E-state index contributed by atoms with van der Waals surface area (Å²) in [4.78, 5) is 13.1. The zero-order valence-corrected chi connectivity index (χ0v) is 13.7. The van der Waals surface area contributed by atoms with Crippen LogP contribution >= 0.6 is 0 Å². The molecule has 0 aromatic heterocycles. The highest BCUT2D eigenvalue weighted by Crippen LogP contribution is 2.29. The molecule has 0 radical (unpaired) electrons. The number of nitro benzene ring substituents is 1. The van der Waals surface area contributed by atoms with Crippen LogP contribution in [0.2, 0.25) is 0 Å². The number of anilines is 1. The maximum absolute atomic E-state index is 11.2. The Kier molecular flexibility index (Phi) is 6.62. The second kappa shape index (κ2) is 7.98. The van der Waals surface area contributed by atoms with E-state index < -0.39 is 0 Å². The summed E-state index contributed by atoms with van der Waals surface area (Å²) in [5.41, 5.74) is 1.80. The van der Waals surface area contributed by atoms with Crippen LogP contribution in [-0.2, 0) is 6.54 Å². The third kappa shape index (κ3) is 4.70. The molecule has 0 aliphatic carbocycles. The molecule has 0 amide bonds. The van der Waals surface area contributed by atoms with Crippen LogP contribution in [0.3, 0.4) is 0 Å². The Bertz CT molecular complexity index is 475. The van der Waals surface area contributed by atoms with Gasteiger partial charge in [0.15, 0.2) is 0 Å². The first kappa shape index (κ1) is 17.4. The molecule has 5 heteroatoms. The van der Waals surface area contributed by atoms with Crippen LogP contribution in [0.4, 0.5) is 11.4 Å². The summed E-state index contributed by atoms with van der Waals surface area (Å²) < 4.78 is 0. The largest absolute Gasteiger partial charge is 0.379 e. The Balaban J connectivity index is 3.04. The maximum Gasteiger partial charge on any atom is 0.292 e. The predicted molar refractivity (Wildman–Crippen MR) is 87.6 cm³/mol. The van der Waals surface area contributed by atoms with Crippen molar-refractivity contribution in [3.05, 3.63) is 33.9 Å². The monoisotopic (exact) mass is 293 g/mol. The lowest BCUT2D eigenvalue weighted by Gasteiger charge is -2.28. The van der Waals surface area contributed by atoms with Crippen LogP contribution in [-0.4, -0.2) is 29.5 Å². The van der Waals surface area contributed by atoms with Crippen molar-refractivity contribution < 1.29 is 4.92 Å². The molecule has 0 aliphatic heterocycles. The second-order valence-electron chi connectivity index (χ2n) is 5.89. The molecule has 0 heterocycles. The van der Waals surface area contributed by atoms with Gasteiger partial charge in [0.2, 0.25) is 0 Å². The van der Waals surface area contributed by atoms with E-state index in [1.165, 1.54) is 0 Å². The summed E-state index contributed by atoms with van der Waals surface area (Å²) in [6.07, 6.45) is 0.934. The average molecular weight is 293 g/mol. The number of hydrogen-bond acceptors (Lipinski definition) is 4. The Hall–Kier alpha value is -1.62. The maximum atomic E-state index is 11.2. The highest BCUT2D eigenvalue weighted by Gasteiger charge is 2.20. The Morgan fingerprint density at radius 1 is 1.33 bits per heavy atom. The molecule has 1 N–H and O–H groups in total. The van der Waals surface area contributed by atoms with Gasteiger partial charge in [0, 0.05) is 25.2 Å². The van der Waals surface area contributed by atoms with Gasteiger partial charge in [-0.25, -0.2) is 0 Å². The molecule has 118 valence electrons. The molecule has 21 heavy (non-hydrogen) atoms. The lowest BCUT2D eigenvalue weighted by molar-refractivity contribution is -0.384. The number of nitro groups is 1. The van der Waals surface area contributed by atoms with E-state index in [9.17, 15) is 10.1 Å². The van der Waals surface area contributed by atoms with Crippen molar-refractivity contribution in [2.24, 2.45) is 5.92 Å². The third-order valence-corrected chi connectivity index (χ3v) is 3.96. The van der Waals surface area contributed by atoms with E-state index >= 15 is 0 Å². The number of rotatable bonds is 8. The molecule has 1 atom stereocenters. The minimum Gasteiger partial charge on any atom is -0.379 e. The summed E-state index contributed by atoms with van der Waals surface area (Å²) in [6, 6.07) is 5.71. The van der Waals surface area contributed by atoms with E-state index in [0.717, 1.165) is 18.5 Å². The number of nitrogens with zero attached hydrogens (tertiary/aromatic N) is 2. The lowest BCUT2D eigenvalue weighted by atomic mass is 10.0. The van der Waals surface area contributed by atoms with Gasteiger partial charge in [-0.15, -0.1) is 0 Å². The van der Waals surface area contributed by atoms with E-state index in [1.807, 2.05) is 6.07 Å². The molecular weight excluding hydrogens is 266 g/mol. The van der Waals surface area contributed by atoms with Crippen LogP contribution < -0.4 is 5.32 Å². The van der Waals surface area contributed by atoms with Crippen molar-refractivity contribution in [3.63, 3.8) is 0 Å². The van der Waals surface area contributed by atoms with Gasteiger partial charge in [-0.2, -0.15) is 0 Å². The van der Waals surface area contributed by atoms with Crippen molar-refractivity contribution in [1.29, 1.82) is 0 Å². The van der Waals surface area contributed by atoms with Crippen LogP contribution in [0.5, 0.6) is 0 Å². The van der Waals surface area contributed by atoms with E-state index in [-0.39, 0.29) is 10.6 Å². The van der Waals surface area contributed by atoms with Crippen molar-refractivity contribution in [3.8, 4) is 0 Å². The molecule has 0 bridgehead atoms. The predicted octanol–water partition coefficient (Wildman–Crippen LogP) is 3.89. The van der Waals surface area contributed by atoms with E-state index in [0.29, 0.717) is 24.2 Å². The summed E-state index contributed by atoms with van der Waals surface area (Å²) >= 11 is 0. The third-order valence-electron chi connectivity index (χ3n) is 3.96. The topological polar surface area (TPSA) is 58.4 Å². The number of para-hydroxylation sites is 1. The summed E-state index contributed by atoms with van der Waals surface area (Å²) in [6.45, 7) is 10.0. The van der Waals surface area contributed by atoms with Gasteiger partial charge >= 0.3 is 0 Å². The molecule has 1 rings (SSSR count). The number of nitrogens with one attached hydrogen (secondary N) is 1. The van der Waals surface area contributed by atoms with Crippen molar-refractivity contribution >= 4 is 11.4 Å². The second-order valence-corrected chi connectivity index (χ2v) is 5.89. The van der Waals surface area contributed by atoms with Gasteiger partial charge in [0.1, 0.15) is 5.69 Å². The highest BCUT2D eigenvalue weighted by molar-refractivity contribution is 5.66. The van der Waals surface area contributed by atoms with Crippen molar-refractivity contribution in [2.75, 3.05) is 18.9 Å². The van der Waals surface area contributed by atoms with Crippen LogP contribution in [0.1, 0.15) is 39.7 Å². The standard InChI is InChI=1S/C16H27N3O2/c1-6-10-17-16-14(8-7-9-15(16)19(20)21)11-18(5)13(4)12(2)3/h7-9,12-13,17H,6,10-11H2,1-5H3. The minimum absolute atomic E-state index is 0.159. The van der Waals surface area contributed by atoms with E-state index in [2.05, 4.69) is 45.0 Å². The SMILES string of the molecule is CCCNc1c(CN(C)C(C)C(C)C)cccc1[N+](=O)[O-]. The zero-order chi connectivity index (χ0) is 16.0. The normalized spacial score (nSPS) is 12.7. The molecular formula is C16H27N3O2. The minimum atomic E-state index is -0.312. The lowest BCUT2D eigenvalue weighted by Crippen LogP contribution is -2.33. The Morgan fingerprint density at radius 3 is 2.52 bits per heavy atom. The summed E-state index contributed by atoms with van der Waals surface area (Å²) in [5, 5.41) is 14.4. The fourth-order valence-corrected chi connectivity index (χ4v) is 2.25. The van der Waals surface area contributed by atoms with Gasteiger partial charge in [-0.3, -0.25) is 15.0 Å². The first-order chi connectivity index (χ1) is 9.88. The molecule has 1 aromatic rings. The van der Waals surface area contributed by atoms with Gasteiger partial charge in [0.25, 0.3) is 5.69 Å². The zero-order valence-electron chi connectivity index (χ0n) is 13.7. The molecule has 0 aliphatic rings. The fraction of sp³-hybridized carbons (Fsp3) is 0.625.